The number of benzene rings is 1. The van der Waals surface area contributed by atoms with Crippen LogP contribution in [-0.2, 0) is 0 Å². The van der Waals surface area contributed by atoms with Crippen LogP contribution in [0.2, 0.25) is 0 Å². The fraction of sp³-hybridized carbons (Fsp3) is 0.615. The minimum atomic E-state index is 0.566. The summed E-state index contributed by atoms with van der Waals surface area (Å²) in [6, 6.07) is 6.75. The van der Waals surface area contributed by atoms with Gasteiger partial charge in [0.15, 0.2) is 0 Å². The predicted octanol–water partition coefficient (Wildman–Crippen LogP) is 9.45. The van der Waals surface area contributed by atoms with Gasteiger partial charge in [0, 0.05) is 5.92 Å². The molecule has 2 rings (SSSR count). The van der Waals surface area contributed by atoms with E-state index in [1.54, 1.807) is 0 Å². The average molecular weight is 361 g/mol. The summed E-state index contributed by atoms with van der Waals surface area (Å²) in [6.45, 7) is 25.3. The van der Waals surface area contributed by atoms with Gasteiger partial charge in [-0.3, -0.25) is 0 Å². The lowest BCUT2D eigenvalue weighted by Crippen LogP contribution is -2.03. The van der Waals surface area contributed by atoms with Crippen LogP contribution in [0.5, 0.6) is 0 Å². The highest BCUT2D eigenvalue weighted by Gasteiger charge is 2.20. The van der Waals surface area contributed by atoms with E-state index in [-0.39, 0.29) is 0 Å². The molecule has 0 aromatic heterocycles. The summed E-state index contributed by atoms with van der Waals surface area (Å²) in [7, 11) is 0. The molecule has 1 aromatic carbocycles. The molecule has 1 aliphatic rings. The maximum absolute atomic E-state index is 2.33. The van der Waals surface area contributed by atoms with E-state index in [0.29, 0.717) is 11.8 Å². The van der Waals surface area contributed by atoms with Crippen molar-refractivity contribution in [2.75, 3.05) is 0 Å². The summed E-state index contributed by atoms with van der Waals surface area (Å²) in [4.78, 5) is 0. The van der Waals surface area contributed by atoms with E-state index < -0.39 is 0 Å². The predicted molar refractivity (Wildman–Crippen MR) is 126 cm³/mol. The summed E-state index contributed by atoms with van der Waals surface area (Å²) >= 11 is 0. The van der Waals surface area contributed by atoms with Crippen LogP contribution >= 0.6 is 0 Å². The largest absolute Gasteiger partial charge is 0.0914 e. The second kappa shape index (κ2) is 20.0. The second-order valence-corrected chi connectivity index (χ2v) is 6.84. The zero-order valence-electron chi connectivity index (χ0n) is 20.0. The Kier molecular flexibility index (Phi) is 22.7. The quantitative estimate of drug-likeness (QED) is 0.460. The van der Waals surface area contributed by atoms with Crippen molar-refractivity contribution in [1.82, 2.24) is 0 Å². The van der Waals surface area contributed by atoms with E-state index in [1.165, 1.54) is 23.1 Å². The number of allylic oxidation sites excluding steroid dienone is 3. The summed E-state index contributed by atoms with van der Waals surface area (Å²) in [5, 5.41) is 0. The standard InChI is InChI=1S/C15H18.C4H10.C3H8.2C2H6/c1-4-5-12(3)14-9-7-13-10-11(2)6-8-15(13)14;1-4(2)3;1-3-2;2*1-2/h4-10,12,14H,1-3H3;4H,1-3H3;3H2,1-2H3;2*1-2H3/b5-4-;;;;. The van der Waals surface area contributed by atoms with Gasteiger partial charge in [-0.1, -0.05) is 124 Å². The number of aryl methyl sites for hydroxylation is 1. The molecule has 26 heavy (non-hydrogen) atoms. The van der Waals surface area contributed by atoms with Crippen LogP contribution in [0.25, 0.3) is 6.08 Å². The second-order valence-electron chi connectivity index (χ2n) is 6.84. The molecule has 0 saturated carbocycles. The lowest BCUT2D eigenvalue weighted by molar-refractivity contribution is 0.649. The first-order valence-electron chi connectivity index (χ1n) is 10.8. The van der Waals surface area contributed by atoms with Gasteiger partial charge in [0.2, 0.25) is 0 Å². The Morgan fingerprint density at radius 2 is 1.42 bits per heavy atom. The first kappa shape index (κ1) is 29.5. The molecular formula is C26H48. The summed E-state index contributed by atoms with van der Waals surface area (Å²) in [5.74, 6) is 1.99. The average Bonchev–Trinajstić information content (AvgIpc) is 3.02. The van der Waals surface area contributed by atoms with Crippen LogP contribution in [0.15, 0.2) is 36.4 Å². The molecule has 0 fully saturated rings. The lowest BCUT2D eigenvalue weighted by Gasteiger charge is -2.16. The van der Waals surface area contributed by atoms with Crippen molar-refractivity contribution < 1.29 is 0 Å². The van der Waals surface area contributed by atoms with E-state index in [9.17, 15) is 0 Å². The molecule has 0 N–H and O–H groups in total. The van der Waals surface area contributed by atoms with Crippen LogP contribution < -0.4 is 0 Å². The Balaban J connectivity index is -0.000000405. The highest BCUT2D eigenvalue weighted by Crippen LogP contribution is 2.36. The SMILES string of the molecule is C/C=C\C(C)C1C=Cc2cc(C)ccc21.CC.CC.CC(C)C.CCC. The van der Waals surface area contributed by atoms with Gasteiger partial charge in [0.25, 0.3) is 0 Å². The summed E-state index contributed by atoms with van der Waals surface area (Å²) in [6.07, 6.45) is 10.3. The van der Waals surface area contributed by atoms with E-state index in [2.05, 4.69) is 97.9 Å². The topological polar surface area (TPSA) is 0 Å². The fourth-order valence-corrected chi connectivity index (χ4v) is 2.33. The maximum atomic E-state index is 2.33. The van der Waals surface area contributed by atoms with Crippen LogP contribution in [0, 0.1) is 18.8 Å². The van der Waals surface area contributed by atoms with Gasteiger partial charge in [0.05, 0.1) is 0 Å². The minimum Gasteiger partial charge on any atom is -0.0914 e. The Bertz CT molecular complexity index is 460. The molecule has 0 heteroatoms. The van der Waals surface area contributed by atoms with Crippen molar-refractivity contribution in [3.63, 3.8) is 0 Å². The minimum absolute atomic E-state index is 0.566. The van der Waals surface area contributed by atoms with Gasteiger partial charge in [-0.2, -0.15) is 0 Å². The zero-order valence-corrected chi connectivity index (χ0v) is 20.0. The number of fused-ring (bicyclic) bond motifs is 1. The van der Waals surface area contributed by atoms with Crippen LogP contribution in [0.1, 0.15) is 105 Å². The number of hydrogen-bond acceptors (Lipinski definition) is 0. The van der Waals surface area contributed by atoms with Gasteiger partial charge in [-0.25, -0.2) is 0 Å². The Hall–Kier alpha value is -1.30. The molecule has 0 bridgehead atoms. The zero-order chi connectivity index (χ0) is 21.1. The molecule has 2 unspecified atom stereocenters. The molecule has 0 aliphatic heterocycles. The van der Waals surface area contributed by atoms with E-state index in [1.807, 2.05) is 27.7 Å². The first-order valence-corrected chi connectivity index (χ1v) is 10.8. The van der Waals surface area contributed by atoms with Gasteiger partial charge < -0.3 is 0 Å². The van der Waals surface area contributed by atoms with Gasteiger partial charge in [-0.05, 0) is 36.8 Å². The third kappa shape index (κ3) is 13.9. The van der Waals surface area contributed by atoms with Crippen LogP contribution in [-0.4, -0.2) is 0 Å². The molecule has 1 aromatic rings. The smallest absolute Gasteiger partial charge is 0.00874 e. The number of hydrogen-bond donors (Lipinski definition) is 0. The molecule has 1 aliphatic carbocycles. The van der Waals surface area contributed by atoms with Crippen LogP contribution in [0.4, 0.5) is 0 Å². The Morgan fingerprint density at radius 1 is 0.962 bits per heavy atom. The van der Waals surface area contributed by atoms with Crippen molar-refractivity contribution in [3.05, 3.63) is 53.1 Å². The first-order chi connectivity index (χ1) is 12.4. The van der Waals surface area contributed by atoms with Gasteiger partial charge in [0.1, 0.15) is 0 Å². The third-order valence-electron chi connectivity index (χ3n) is 3.15. The van der Waals surface area contributed by atoms with Crippen molar-refractivity contribution in [2.24, 2.45) is 11.8 Å². The molecule has 0 amide bonds. The molecule has 0 radical (unpaired) electrons. The van der Waals surface area contributed by atoms with Crippen molar-refractivity contribution in [3.8, 4) is 0 Å². The normalized spacial score (nSPS) is 14.6. The molecular weight excluding hydrogens is 312 g/mol. The highest BCUT2D eigenvalue weighted by molar-refractivity contribution is 5.63. The monoisotopic (exact) mass is 360 g/mol. The Labute approximate surface area is 166 Å². The number of rotatable bonds is 2. The Morgan fingerprint density at radius 3 is 1.85 bits per heavy atom. The lowest BCUT2D eigenvalue weighted by atomic mass is 9.88. The van der Waals surface area contributed by atoms with E-state index >= 15 is 0 Å². The van der Waals surface area contributed by atoms with E-state index in [4.69, 9.17) is 0 Å². The summed E-state index contributed by atoms with van der Waals surface area (Å²) < 4.78 is 0. The molecule has 0 spiro atoms. The van der Waals surface area contributed by atoms with Gasteiger partial charge >= 0.3 is 0 Å². The summed E-state index contributed by atoms with van der Waals surface area (Å²) in [5.41, 5.74) is 4.22. The highest BCUT2D eigenvalue weighted by atomic mass is 14.2. The molecule has 0 heterocycles. The van der Waals surface area contributed by atoms with Crippen molar-refractivity contribution in [2.45, 2.75) is 95.4 Å². The molecule has 0 saturated heterocycles. The van der Waals surface area contributed by atoms with Gasteiger partial charge in [-0.15, -0.1) is 0 Å². The van der Waals surface area contributed by atoms with Crippen molar-refractivity contribution >= 4 is 6.08 Å². The molecule has 2 atom stereocenters. The van der Waals surface area contributed by atoms with Crippen LogP contribution in [0.3, 0.4) is 0 Å². The third-order valence-corrected chi connectivity index (χ3v) is 3.15. The maximum Gasteiger partial charge on any atom is 0.00874 e. The molecule has 152 valence electrons. The van der Waals surface area contributed by atoms with E-state index in [0.717, 1.165) is 5.92 Å². The van der Waals surface area contributed by atoms with Crippen molar-refractivity contribution in [1.29, 1.82) is 0 Å². The fourth-order valence-electron chi connectivity index (χ4n) is 2.33. The molecule has 0 nitrogen and oxygen atoms in total.